The Morgan fingerprint density at radius 1 is 1.11 bits per heavy atom. The van der Waals surface area contributed by atoms with Crippen LogP contribution in [0.3, 0.4) is 0 Å². The van der Waals surface area contributed by atoms with Crippen molar-refractivity contribution in [2.45, 2.75) is 19.4 Å². The van der Waals surface area contributed by atoms with Crippen molar-refractivity contribution in [3.8, 4) is 5.75 Å². The van der Waals surface area contributed by atoms with Crippen LogP contribution in [0.5, 0.6) is 5.75 Å². The second-order valence-corrected chi connectivity index (χ2v) is 5.81. The summed E-state index contributed by atoms with van der Waals surface area (Å²) in [5.41, 5.74) is 1.65. The number of hydrogen-bond donors (Lipinski definition) is 2. The molecule has 0 radical (unpaired) electrons. The van der Waals surface area contributed by atoms with E-state index >= 15 is 0 Å². The van der Waals surface area contributed by atoms with Gasteiger partial charge in [0.2, 0.25) is 0 Å². The van der Waals surface area contributed by atoms with E-state index in [1.165, 1.54) is 0 Å². The Morgan fingerprint density at radius 3 is 2.48 bits per heavy atom. The van der Waals surface area contributed by atoms with Crippen molar-refractivity contribution in [1.82, 2.24) is 0 Å². The molecule has 0 aliphatic carbocycles. The number of hydrogen-bond acceptors (Lipinski definition) is 4. The van der Waals surface area contributed by atoms with Gasteiger partial charge < -0.3 is 20.1 Å². The summed E-state index contributed by atoms with van der Waals surface area (Å²) in [6.45, 7) is 5.74. The van der Waals surface area contributed by atoms with Crippen molar-refractivity contribution in [3.05, 3.63) is 66.7 Å². The van der Waals surface area contributed by atoms with Crippen LogP contribution < -0.4 is 15.4 Å². The fourth-order valence-electron chi connectivity index (χ4n) is 2.30. The molecule has 2 rings (SSSR count). The van der Waals surface area contributed by atoms with Crippen molar-refractivity contribution < 1.29 is 19.1 Å². The first kappa shape index (κ1) is 20.2. The predicted octanol–water partition coefficient (Wildman–Crippen LogP) is 3.87. The first-order chi connectivity index (χ1) is 13.0. The molecule has 0 bridgehead atoms. The van der Waals surface area contributed by atoms with E-state index in [4.69, 9.17) is 9.47 Å². The fourth-order valence-corrected chi connectivity index (χ4v) is 2.30. The number of anilines is 2. The Bertz CT molecular complexity index is 787. The smallest absolute Gasteiger partial charge is 0.255 e. The highest BCUT2D eigenvalue weighted by Gasteiger charge is 2.14. The molecule has 0 heterocycles. The van der Waals surface area contributed by atoms with Gasteiger partial charge in [0.25, 0.3) is 11.8 Å². The van der Waals surface area contributed by atoms with E-state index in [1.54, 1.807) is 56.5 Å². The van der Waals surface area contributed by atoms with E-state index in [2.05, 4.69) is 17.2 Å². The highest BCUT2D eigenvalue weighted by atomic mass is 16.5. The van der Waals surface area contributed by atoms with Gasteiger partial charge in [-0.05, 0) is 49.7 Å². The van der Waals surface area contributed by atoms with E-state index in [0.717, 1.165) is 0 Å². The number of benzene rings is 2. The van der Waals surface area contributed by atoms with Gasteiger partial charge in [0.15, 0.2) is 0 Å². The molecule has 0 saturated carbocycles. The molecule has 27 heavy (non-hydrogen) atoms. The number of amides is 2. The topological polar surface area (TPSA) is 76.7 Å². The van der Waals surface area contributed by atoms with Crippen molar-refractivity contribution in [3.63, 3.8) is 0 Å². The Balaban J connectivity index is 1.95. The van der Waals surface area contributed by atoms with Gasteiger partial charge in [-0.15, -0.1) is 6.58 Å². The molecule has 0 saturated heterocycles. The fraction of sp³-hybridized carbons (Fsp3) is 0.238. The molecule has 6 heteroatoms. The second kappa shape index (κ2) is 10.1. The molecular weight excluding hydrogens is 344 g/mol. The minimum absolute atomic E-state index is 0.245. The summed E-state index contributed by atoms with van der Waals surface area (Å²) in [4.78, 5) is 24.5. The third-order valence-electron chi connectivity index (χ3n) is 3.83. The molecule has 142 valence electrons. The zero-order chi connectivity index (χ0) is 19.6. The van der Waals surface area contributed by atoms with Crippen LogP contribution in [0.25, 0.3) is 0 Å². The number of carbonyl (C=O) groups is 2. The summed E-state index contributed by atoms with van der Waals surface area (Å²) < 4.78 is 10.6. The number of nitrogens with one attached hydrogen (secondary N) is 2. The minimum Gasteiger partial charge on any atom is -0.495 e. The monoisotopic (exact) mass is 368 g/mol. The van der Waals surface area contributed by atoms with Crippen molar-refractivity contribution >= 4 is 23.2 Å². The lowest BCUT2D eigenvalue weighted by Crippen LogP contribution is -2.28. The van der Waals surface area contributed by atoms with Gasteiger partial charge >= 0.3 is 0 Å². The molecule has 2 amide bonds. The number of methoxy groups -OCH3 is 1. The van der Waals surface area contributed by atoms with Crippen LogP contribution in [0.15, 0.2) is 61.2 Å². The van der Waals surface area contributed by atoms with Crippen LogP contribution in [-0.2, 0) is 9.53 Å². The molecule has 6 nitrogen and oxygen atoms in total. The average Bonchev–Trinajstić information content (AvgIpc) is 2.69. The Labute approximate surface area is 159 Å². The molecule has 0 aromatic heterocycles. The van der Waals surface area contributed by atoms with E-state index in [1.807, 2.05) is 12.1 Å². The first-order valence-electron chi connectivity index (χ1n) is 8.63. The second-order valence-electron chi connectivity index (χ2n) is 5.81. The van der Waals surface area contributed by atoms with Crippen LogP contribution in [-0.4, -0.2) is 31.6 Å². The van der Waals surface area contributed by atoms with E-state index in [0.29, 0.717) is 35.7 Å². The molecular formula is C21H24N2O4. The van der Waals surface area contributed by atoms with Gasteiger partial charge in [-0.3, -0.25) is 9.59 Å². The summed E-state index contributed by atoms with van der Waals surface area (Å²) in [6, 6.07) is 13.8. The number of para-hydroxylation sites is 2. The van der Waals surface area contributed by atoms with Crippen LogP contribution >= 0.6 is 0 Å². The Morgan fingerprint density at radius 2 is 1.81 bits per heavy atom. The molecule has 0 aliphatic heterocycles. The number of carbonyl (C=O) groups excluding carboxylic acids is 2. The third-order valence-corrected chi connectivity index (χ3v) is 3.83. The first-order valence-corrected chi connectivity index (χ1v) is 8.63. The lowest BCUT2D eigenvalue weighted by Gasteiger charge is -2.13. The van der Waals surface area contributed by atoms with Crippen molar-refractivity contribution in [2.75, 3.05) is 24.4 Å². The third kappa shape index (κ3) is 5.97. The average molecular weight is 368 g/mol. The maximum Gasteiger partial charge on any atom is 0.255 e. The predicted molar refractivity (Wildman–Crippen MR) is 106 cm³/mol. The molecule has 2 aromatic rings. The molecule has 2 aromatic carbocycles. The van der Waals surface area contributed by atoms with E-state index in [9.17, 15) is 9.59 Å². The van der Waals surface area contributed by atoms with Gasteiger partial charge in [0, 0.05) is 11.3 Å². The summed E-state index contributed by atoms with van der Waals surface area (Å²) in [7, 11) is 1.55. The summed E-state index contributed by atoms with van der Waals surface area (Å²) in [5.74, 6) is 0.0731. The zero-order valence-corrected chi connectivity index (χ0v) is 15.5. The van der Waals surface area contributed by atoms with Crippen LogP contribution in [0.4, 0.5) is 11.4 Å². The summed E-state index contributed by atoms with van der Waals surface area (Å²) >= 11 is 0. The minimum atomic E-state index is -0.571. The van der Waals surface area contributed by atoms with Gasteiger partial charge in [0.1, 0.15) is 11.9 Å². The van der Waals surface area contributed by atoms with Gasteiger partial charge in [0.05, 0.1) is 19.4 Å². The zero-order valence-electron chi connectivity index (χ0n) is 15.5. The van der Waals surface area contributed by atoms with Gasteiger partial charge in [-0.1, -0.05) is 18.2 Å². The van der Waals surface area contributed by atoms with E-state index < -0.39 is 6.10 Å². The molecule has 0 fully saturated rings. The van der Waals surface area contributed by atoms with Crippen molar-refractivity contribution in [1.29, 1.82) is 0 Å². The molecule has 0 aliphatic rings. The van der Waals surface area contributed by atoms with Gasteiger partial charge in [-0.25, -0.2) is 0 Å². The molecule has 1 unspecified atom stereocenters. The molecule has 1 atom stereocenters. The maximum atomic E-state index is 12.4. The summed E-state index contributed by atoms with van der Waals surface area (Å²) in [5, 5.41) is 5.57. The Kier molecular flexibility index (Phi) is 7.58. The SMILES string of the molecule is C=CCCOC(C)C(=O)Nc1ccc(C(=O)Nc2ccccc2OC)cc1. The maximum absolute atomic E-state index is 12.4. The number of rotatable bonds is 9. The quantitative estimate of drug-likeness (QED) is 0.520. The highest BCUT2D eigenvalue weighted by molar-refractivity contribution is 6.05. The largest absolute Gasteiger partial charge is 0.495 e. The highest BCUT2D eigenvalue weighted by Crippen LogP contribution is 2.23. The van der Waals surface area contributed by atoms with Gasteiger partial charge in [-0.2, -0.15) is 0 Å². The lowest BCUT2D eigenvalue weighted by atomic mass is 10.2. The lowest BCUT2D eigenvalue weighted by molar-refractivity contribution is -0.126. The molecule has 2 N–H and O–H groups in total. The molecule has 0 spiro atoms. The Hall–Kier alpha value is -3.12. The standard InChI is InChI=1S/C21H24N2O4/c1-4-5-14-27-15(2)20(24)22-17-12-10-16(11-13-17)21(25)23-18-8-6-7-9-19(18)26-3/h4,6-13,15H,1,5,14H2,2-3H3,(H,22,24)(H,23,25). The normalized spacial score (nSPS) is 11.3. The van der Waals surface area contributed by atoms with Crippen molar-refractivity contribution in [2.24, 2.45) is 0 Å². The van der Waals surface area contributed by atoms with E-state index in [-0.39, 0.29) is 11.8 Å². The van der Waals surface area contributed by atoms with Crippen LogP contribution in [0, 0.1) is 0 Å². The summed E-state index contributed by atoms with van der Waals surface area (Å²) in [6.07, 6.45) is 1.85. The van der Waals surface area contributed by atoms with Crippen LogP contribution in [0.1, 0.15) is 23.7 Å². The van der Waals surface area contributed by atoms with Crippen LogP contribution in [0.2, 0.25) is 0 Å². The number of ether oxygens (including phenoxy) is 2.